The first-order valence-corrected chi connectivity index (χ1v) is 20.9. The fourth-order valence-electron chi connectivity index (χ4n) is 9.36. The summed E-state index contributed by atoms with van der Waals surface area (Å²) in [5.41, 5.74) is 7.11. The van der Waals surface area contributed by atoms with E-state index in [1.807, 2.05) is 40.4 Å². The molecule has 2 aromatic heterocycles. The van der Waals surface area contributed by atoms with E-state index < -0.39 is 6.09 Å². The normalized spacial score (nSPS) is 21.1. The maximum Gasteiger partial charge on any atom is 0.407 e. The summed E-state index contributed by atoms with van der Waals surface area (Å²) in [7, 11) is 1.35. The van der Waals surface area contributed by atoms with Gasteiger partial charge in [0.1, 0.15) is 17.7 Å². The van der Waals surface area contributed by atoms with Crippen LogP contribution in [0.4, 0.5) is 4.79 Å². The molecule has 1 saturated carbocycles. The number of benzene rings is 3. The molecule has 3 amide bonds. The molecule has 2 saturated heterocycles. The maximum atomic E-state index is 14.2. The Labute approximate surface area is 340 Å². The summed E-state index contributed by atoms with van der Waals surface area (Å²) < 4.78 is 4.80. The number of aromatic nitrogens is 4. The van der Waals surface area contributed by atoms with Gasteiger partial charge in [0.2, 0.25) is 11.8 Å². The molecule has 1 aliphatic carbocycles. The molecular weight excluding hydrogens is 729 g/mol. The summed E-state index contributed by atoms with van der Waals surface area (Å²) in [6.07, 6.45) is 9.26. The molecule has 12 nitrogen and oxygen atoms in total. The van der Waals surface area contributed by atoms with E-state index in [1.165, 1.54) is 7.11 Å². The molecule has 3 fully saturated rings. The number of likely N-dealkylation sites (N-methyl/N-ethyl adjacent to an activating group) is 1. The Bertz CT molecular complexity index is 2180. The minimum Gasteiger partial charge on any atom is -0.453 e. The van der Waals surface area contributed by atoms with Gasteiger partial charge in [-0.15, -0.1) is 0 Å². The largest absolute Gasteiger partial charge is 0.453 e. The van der Waals surface area contributed by atoms with E-state index in [0.29, 0.717) is 6.54 Å². The second kappa shape index (κ2) is 17.4. The van der Waals surface area contributed by atoms with Crippen molar-refractivity contribution in [1.82, 2.24) is 40.0 Å². The number of alkyl carbamates (subject to hydrolysis) is 1. The van der Waals surface area contributed by atoms with Gasteiger partial charge in [0, 0.05) is 19.1 Å². The smallest absolute Gasteiger partial charge is 0.407 e. The second-order valence-electron chi connectivity index (χ2n) is 15.7. The van der Waals surface area contributed by atoms with Crippen LogP contribution in [0.1, 0.15) is 94.1 Å². The zero-order valence-electron chi connectivity index (χ0n) is 33.7. The number of hydrogen-bond acceptors (Lipinski definition) is 7. The minimum atomic E-state index is -0.490. The number of H-pyrrole nitrogens is 2. The zero-order chi connectivity index (χ0) is 40.2. The summed E-state index contributed by atoms with van der Waals surface area (Å²) in [5, 5.41) is 2.87. The van der Waals surface area contributed by atoms with Crippen LogP contribution in [0.2, 0.25) is 0 Å². The van der Waals surface area contributed by atoms with Crippen molar-refractivity contribution in [1.29, 1.82) is 0 Å². The van der Waals surface area contributed by atoms with Crippen molar-refractivity contribution in [3.63, 3.8) is 0 Å². The third-order valence-electron chi connectivity index (χ3n) is 12.5. The standard InChI is InChI=1S/C46H54N8O4/c1-4-52(5-2)41(34-12-7-6-8-13-34)45(56)54-27-11-17-40(54)43-48-29-38(50-43)33-24-20-31(21-25-33)30-18-22-32(23-19-30)37-28-47-42(49-37)39-16-10-26-53(39)44(55)35-14-9-15-36(35)51-46(57)58-3/h6-8,12-13,18-25,28-29,35-36,39-41H,4-5,9-11,14-17,26-27H2,1-3H3,(H,47,49)(H,48,50)(H,51,57)/t35-,36-,39-,40-,41+/m0/s1. The summed E-state index contributed by atoms with van der Waals surface area (Å²) in [6.45, 7) is 7.22. The lowest BCUT2D eigenvalue weighted by molar-refractivity contribution is -0.138. The van der Waals surface area contributed by atoms with Crippen LogP contribution in [-0.4, -0.2) is 91.9 Å². The molecule has 0 bridgehead atoms. The van der Waals surface area contributed by atoms with Crippen molar-refractivity contribution in [2.45, 2.75) is 83.0 Å². The molecule has 5 atom stereocenters. The van der Waals surface area contributed by atoms with Crippen LogP contribution in [0, 0.1) is 5.92 Å². The number of amides is 3. The fraction of sp³-hybridized carbons (Fsp3) is 0.413. The highest BCUT2D eigenvalue weighted by atomic mass is 16.5. The first kappa shape index (κ1) is 39.1. The van der Waals surface area contributed by atoms with Gasteiger partial charge in [-0.3, -0.25) is 14.5 Å². The summed E-state index contributed by atoms with van der Waals surface area (Å²) in [5.74, 6) is 1.59. The quantitative estimate of drug-likeness (QED) is 0.116. The van der Waals surface area contributed by atoms with Gasteiger partial charge in [0.25, 0.3) is 0 Å². The van der Waals surface area contributed by atoms with Crippen LogP contribution < -0.4 is 5.32 Å². The van der Waals surface area contributed by atoms with Crippen molar-refractivity contribution in [3.05, 3.63) is 108 Å². The van der Waals surface area contributed by atoms with Crippen molar-refractivity contribution in [2.24, 2.45) is 5.92 Å². The molecule has 3 aliphatic rings. The van der Waals surface area contributed by atoms with E-state index in [4.69, 9.17) is 14.7 Å². The van der Waals surface area contributed by atoms with E-state index in [-0.39, 0.29) is 41.9 Å². The van der Waals surface area contributed by atoms with E-state index in [1.54, 1.807) is 0 Å². The van der Waals surface area contributed by atoms with Gasteiger partial charge < -0.3 is 29.8 Å². The van der Waals surface area contributed by atoms with Crippen LogP contribution >= 0.6 is 0 Å². The second-order valence-corrected chi connectivity index (χ2v) is 15.7. The molecule has 8 rings (SSSR count). The van der Waals surface area contributed by atoms with E-state index >= 15 is 0 Å². The molecule has 12 heteroatoms. The molecule has 0 spiro atoms. The SMILES string of the molecule is CCN(CC)[C@@H](C(=O)N1CCC[C@H]1c1ncc(-c2ccc(-c3ccc(-c4cnc([C@@H]5CCCN5C(=O)[C@H]5CCC[C@@H]5NC(=O)OC)[nH]4)cc3)cc2)[nH]1)c1ccccc1. The van der Waals surface area contributed by atoms with E-state index in [2.05, 4.69) is 94.7 Å². The summed E-state index contributed by atoms with van der Waals surface area (Å²) >= 11 is 0. The first-order valence-electron chi connectivity index (χ1n) is 20.9. The Morgan fingerprint density at radius 2 is 1.26 bits per heavy atom. The molecule has 3 aromatic carbocycles. The molecule has 5 aromatic rings. The molecule has 0 unspecified atom stereocenters. The first-order chi connectivity index (χ1) is 28.4. The highest BCUT2D eigenvalue weighted by molar-refractivity contribution is 5.84. The Morgan fingerprint density at radius 3 is 1.81 bits per heavy atom. The number of ether oxygens (including phenoxy) is 1. The number of nitrogens with zero attached hydrogens (tertiary/aromatic N) is 5. The molecule has 302 valence electrons. The van der Waals surface area contributed by atoms with Gasteiger partial charge in [-0.25, -0.2) is 14.8 Å². The molecule has 58 heavy (non-hydrogen) atoms. The predicted molar refractivity (Wildman–Crippen MR) is 223 cm³/mol. The number of hydrogen-bond donors (Lipinski definition) is 3. The monoisotopic (exact) mass is 782 g/mol. The Balaban J connectivity index is 0.918. The van der Waals surface area contributed by atoms with Crippen molar-refractivity contribution < 1.29 is 19.1 Å². The van der Waals surface area contributed by atoms with Crippen molar-refractivity contribution in [3.8, 4) is 33.6 Å². The Hall–Kier alpha value is -5.75. The molecule has 3 N–H and O–H groups in total. The van der Waals surface area contributed by atoms with Crippen molar-refractivity contribution in [2.75, 3.05) is 33.3 Å². The van der Waals surface area contributed by atoms with Crippen LogP contribution in [0.5, 0.6) is 0 Å². The highest BCUT2D eigenvalue weighted by Gasteiger charge is 2.42. The summed E-state index contributed by atoms with van der Waals surface area (Å²) in [6, 6.07) is 26.3. The third kappa shape index (κ3) is 7.90. The number of carbonyl (C=O) groups is 3. The predicted octanol–water partition coefficient (Wildman–Crippen LogP) is 8.07. The van der Waals surface area contributed by atoms with Gasteiger partial charge in [-0.2, -0.15) is 0 Å². The fourth-order valence-corrected chi connectivity index (χ4v) is 9.36. The van der Waals surface area contributed by atoms with Crippen LogP contribution in [0.15, 0.2) is 91.3 Å². The minimum absolute atomic E-state index is 0.0817. The van der Waals surface area contributed by atoms with Gasteiger partial charge in [-0.05, 0) is 79.4 Å². The lowest BCUT2D eigenvalue weighted by atomic mass is 10.0. The number of rotatable bonds is 12. The third-order valence-corrected chi connectivity index (χ3v) is 12.5. The van der Waals surface area contributed by atoms with Gasteiger partial charge in [0.15, 0.2) is 0 Å². The van der Waals surface area contributed by atoms with Gasteiger partial charge >= 0.3 is 6.09 Å². The lowest BCUT2D eigenvalue weighted by Gasteiger charge is -2.34. The van der Waals surface area contributed by atoms with Crippen LogP contribution in [-0.2, 0) is 14.3 Å². The number of imidazole rings is 2. The average Bonchev–Trinajstić information content (AvgIpc) is 4.12. The van der Waals surface area contributed by atoms with Crippen LogP contribution in [0.25, 0.3) is 33.6 Å². The number of likely N-dealkylation sites (tertiary alicyclic amines) is 2. The molecule has 0 radical (unpaired) electrons. The average molecular weight is 783 g/mol. The topological polar surface area (TPSA) is 140 Å². The lowest BCUT2D eigenvalue weighted by Crippen LogP contribution is -2.45. The van der Waals surface area contributed by atoms with Crippen molar-refractivity contribution >= 4 is 17.9 Å². The molecular formula is C46H54N8O4. The molecule has 2 aliphatic heterocycles. The Morgan fingerprint density at radius 1 is 0.724 bits per heavy atom. The van der Waals surface area contributed by atoms with E-state index in [9.17, 15) is 14.4 Å². The number of methoxy groups -OCH3 is 1. The number of nitrogens with one attached hydrogen (secondary N) is 3. The maximum absolute atomic E-state index is 14.2. The van der Waals surface area contributed by atoms with Crippen LogP contribution in [0.3, 0.4) is 0 Å². The highest BCUT2D eigenvalue weighted by Crippen LogP contribution is 2.38. The molecule has 4 heterocycles. The zero-order valence-corrected chi connectivity index (χ0v) is 33.7. The number of carbonyl (C=O) groups excluding carboxylic acids is 3. The number of aromatic amines is 2. The summed E-state index contributed by atoms with van der Waals surface area (Å²) in [4.78, 5) is 62.7. The van der Waals surface area contributed by atoms with Gasteiger partial charge in [-0.1, -0.05) is 99.1 Å². The van der Waals surface area contributed by atoms with E-state index in [0.717, 1.165) is 115 Å². The van der Waals surface area contributed by atoms with Gasteiger partial charge in [0.05, 0.1) is 48.9 Å². The Kier molecular flexibility index (Phi) is 11.7.